The number of rotatable bonds is 5. The SMILES string of the molecule is Cn1nc(CC(=O)NC23CCC(n4cc(-c5c(F)c(F)c(N)c(F)c5F)nn4)(CC2)C3)c2ccccc2c1=O. The summed E-state index contributed by atoms with van der Waals surface area (Å²) in [5.41, 5.74) is 1.64. The molecule has 1 amide bonds. The Morgan fingerprint density at radius 2 is 1.67 bits per heavy atom. The van der Waals surface area contributed by atoms with Gasteiger partial charge in [-0.2, -0.15) is 5.10 Å². The van der Waals surface area contributed by atoms with E-state index in [2.05, 4.69) is 20.7 Å². The fourth-order valence-electron chi connectivity index (χ4n) is 6.14. The summed E-state index contributed by atoms with van der Waals surface area (Å²) in [5.74, 6) is -6.92. The zero-order valence-electron chi connectivity index (χ0n) is 20.8. The van der Waals surface area contributed by atoms with Gasteiger partial charge in [0.25, 0.3) is 5.56 Å². The highest BCUT2D eigenvalue weighted by atomic mass is 19.2. The van der Waals surface area contributed by atoms with Crippen molar-refractivity contribution in [2.75, 3.05) is 5.73 Å². The van der Waals surface area contributed by atoms with Gasteiger partial charge in [0.2, 0.25) is 5.91 Å². The summed E-state index contributed by atoms with van der Waals surface area (Å²) >= 11 is 0. The van der Waals surface area contributed by atoms with Gasteiger partial charge in [-0.1, -0.05) is 23.4 Å². The number of fused-ring (bicyclic) bond motifs is 3. The van der Waals surface area contributed by atoms with E-state index in [4.69, 9.17) is 5.73 Å². The molecule has 202 valence electrons. The molecule has 2 aliphatic carbocycles. The standard InChI is InChI=1S/C26H23F4N7O2/c1-36-24(39)14-5-3-2-4-13(14)15(34-36)10-17(38)32-25-6-8-26(12-25,9-7-25)37-11-16(33-35-37)18-19(27)21(29)23(31)22(30)20(18)28/h2-5,11H,6-10,12,31H2,1H3,(H,32,38). The number of nitrogens with zero attached hydrogens (tertiary/aromatic N) is 5. The van der Waals surface area contributed by atoms with Crippen molar-refractivity contribution in [3.63, 3.8) is 0 Å². The van der Waals surface area contributed by atoms with Gasteiger partial charge >= 0.3 is 0 Å². The van der Waals surface area contributed by atoms with Crippen LogP contribution in [-0.4, -0.2) is 36.2 Å². The van der Waals surface area contributed by atoms with E-state index >= 15 is 0 Å². The molecular weight excluding hydrogens is 518 g/mol. The van der Waals surface area contributed by atoms with E-state index in [1.54, 1.807) is 24.3 Å². The highest BCUT2D eigenvalue weighted by Crippen LogP contribution is 2.55. The quantitative estimate of drug-likeness (QED) is 0.228. The fraction of sp³-hybridized carbons (Fsp3) is 0.346. The lowest BCUT2D eigenvalue weighted by molar-refractivity contribution is -0.122. The number of benzene rings is 2. The first-order valence-electron chi connectivity index (χ1n) is 12.3. The first-order chi connectivity index (χ1) is 18.5. The zero-order valence-corrected chi connectivity index (χ0v) is 20.8. The van der Waals surface area contributed by atoms with Crippen LogP contribution >= 0.6 is 0 Å². The van der Waals surface area contributed by atoms with Crippen molar-refractivity contribution in [3.8, 4) is 11.3 Å². The average Bonchev–Trinajstić information content (AvgIpc) is 3.64. The van der Waals surface area contributed by atoms with Crippen molar-refractivity contribution in [2.45, 2.75) is 49.6 Å². The van der Waals surface area contributed by atoms with Gasteiger partial charge in [-0.25, -0.2) is 26.9 Å². The molecule has 39 heavy (non-hydrogen) atoms. The number of carbonyl (C=O) groups is 1. The number of aryl methyl sites for hydroxylation is 1. The Balaban J connectivity index is 1.23. The largest absolute Gasteiger partial charge is 0.394 e. The minimum absolute atomic E-state index is 0.0241. The van der Waals surface area contributed by atoms with Crippen molar-refractivity contribution in [1.82, 2.24) is 30.1 Å². The number of halogens is 4. The molecule has 3 N–H and O–H groups in total. The van der Waals surface area contributed by atoms with Gasteiger partial charge in [0.15, 0.2) is 23.3 Å². The van der Waals surface area contributed by atoms with Gasteiger partial charge < -0.3 is 11.1 Å². The van der Waals surface area contributed by atoms with Gasteiger partial charge in [0, 0.05) is 18.0 Å². The Morgan fingerprint density at radius 3 is 2.33 bits per heavy atom. The molecule has 0 radical (unpaired) electrons. The van der Waals surface area contributed by atoms with E-state index in [9.17, 15) is 27.2 Å². The number of anilines is 1. The molecular formula is C26H23F4N7O2. The van der Waals surface area contributed by atoms with Gasteiger partial charge in [0.05, 0.1) is 34.8 Å². The van der Waals surface area contributed by atoms with Crippen LogP contribution in [0.1, 0.15) is 37.8 Å². The van der Waals surface area contributed by atoms with Gasteiger partial charge in [0.1, 0.15) is 11.4 Å². The lowest BCUT2D eigenvalue weighted by Gasteiger charge is -2.28. The highest BCUT2D eigenvalue weighted by Gasteiger charge is 2.56. The molecule has 0 atom stereocenters. The van der Waals surface area contributed by atoms with E-state index in [1.807, 2.05) is 0 Å². The van der Waals surface area contributed by atoms with E-state index in [-0.39, 0.29) is 23.6 Å². The molecule has 2 bridgehead atoms. The van der Waals surface area contributed by atoms with Crippen molar-refractivity contribution in [1.29, 1.82) is 0 Å². The Bertz CT molecular complexity index is 1690. The maximum Gasteiger partial charge on any atom is 0.274 e. The number of carbonyl (C=O) groups excluding carboxylic acids is 1. The summed E-state index contributed by atoms with van der Waals surface area (Å²) < 4.78 is 59.7. The van der Waals surface area contributed by atoms with Crippen LogP contribution in [0.4, 0.5) is 23.2 Å². The predicted molar refractivity (Wildman–Crippen MR) is 132 cm³/mol. The molecule has 2 fully saturated rings. The molecule has 0 saturated heterocycles. The minimum atomic E-state index is -1.69. The lowest BCUT2D eigenvalue weighted by Crippen LogP contribution is -2.45. The molecule has 13 heteroatoms. The summed E-state index contributed by atoms with van der Waals surface area (Å²) in [6.45, 7) is 0. The molecule has 2 heterocycles. The Labute approximate surface area is 218 Å². The molecule has 0 spiro atoms. The third-order valence-corrected chi connectivity index (χ3v) is 8.10. The van der Waals surface area contributed by atoms with Crippen molar-refractivity contribution < 1.29 is 22.4 Å². The second kappa shape index (κ2) is 8.61. The zero-order chi connectivity index (χ0) is 27.7. The Hall–Kier alpha value is -4.29. The van der Waals surface area contributed by atoms with E-state index in [0.717, 1.165) is 0 Å². The van der Waals surface area contributed by atoms with E-state index in [0.29, 0.717) is 48.6 Å². The number of hydrogen-bond donors (Lipinski definition) is 2. The predicted octanol–water partition coefficient (Wildman–Crippen LogP) is 3.10. The Kier molecular flexibility index (Phi) is 5.52. The molecule has 2 aromatic carbocycles. The van der Waals surface area contributed by atoms with Crippen LogP contribution in [0.15, 0.2) is 35.3 Å². The summed E-state index contributed by atoms with van der Waals surface area (Å²) in [4.78, 5) is 25.5. The third-order valence-electron chi connectivity index (χ3n) is 8.10. The van der Waals surface area contributed by atoms with Crippen molar-refractivity contribution in [3.05, 3.63) is 69.8 Å². The van der Waals surface area contributed by atoms with Crippen LogP contribution < -0.4 is 16.6 Å². The van der Waals surface area contributed by atoms with Crippen molar-refractivity contribution in [2.24, 2.45) is 7.05 Å². The number of amides is 1. The van der Waals surface area contributed by atoms with Crippen LogP contribution in [0.3, 0.4) is 0 Å². The average molecular weight is 542 g/mol. The summed E-state index contributed by atoms with van der Waals surface area (Å²) in [6, 6.07) is 6.98. The molecule has 2 aliphatic rings. The van der Waals surface area contributed by atoms with Crippen LogP contribution in [0, 0.1) is 23.3 Å². The molecule has 0 aliphatic heterocycles. The van der Waals surface area contributed by atoms with E-state index in [1.165, 1.54) is 22.6 Å². The minimum Gasteiger partial charge on any atom is -0.394 e. The highest BCUT2D eigenvalue weighted by molar-refractivity contribution is 5.88. The van der Waals surface area contributed by atoms with Gasteiger partial charge in [-0.3, -0.25) is 9.59 Å². The summed E-state index contributed by atoms with van der Waals surface area (Å²) in [6.07, 6.45) is 4.20. The molecule has 4 aromatic rings. The summed E-state index contributed by atoms with van der Waals surface area (Å²) in [7, 11) is 1.54. The topological polar surface area (TPSA) is 121 Å². The van der Waals surface area contributed by atoms with E-state index < -0.39 is 45.6 Å². The molecule has 0 unspecified atom stereocenters. The van der Waals surface area contributed by atoms with Crippen LogP contribution in [-0.2, 0) is 23.8 Å². The lowest BCUT2D eigenvalue weighted by atomic mass is 9.91. The molecule has 6 rings (SSSR count). The van der Waals surface area contributed by atoms with Gasteiger partial charge in [-0.05, 0) is 38.2 Å². The normalized spacial score (nSPS) is 22.1. The second-order valence-electron chi connectivity index (χ2n) is 10.4. The fourth-order valence-corrected chi connectivity index (χ4v) is 6.14. The monoisotopic (exact) mass is 541 g/mol. The van der Waals surface area contributed by atoms with Crippen molar-refractivity contribution >= 4 is 22.4 Å². The summed E-state index contributed by atoms with van der Waals surface area (Å²) in [5, 5.41) is 16.4. The first-order valence-corrected chi connectivity index (χ1v) is 12.3. The van der Waals surface area contributed by atoms with Crippen LogP contribution in [0.2, 0.25) is 0 Å². The number of hydrogen-bond acceptors (Lipinski definition) is 6. The third kappa shape index (κ3) is 3.78. The number of aromatic nitrogens is 5. The molecule has 2 aromatic heterocycles. The second-order valence-corrected chi connectivity index (χ2v) is 10.4. The van der Waals surface area contributed by atoms with Crippen LogP contribution in [0.25, 0.3) is 22.0 Å². The first kappa shape index (κ1) is 25.0. The smallest absolute Gasteiger partial charge is 0.274 e. The van der Waals surface area contributed by atoms with Gasteiger partial charge in [-0.15, -0.1) is 5.10 Å². The number of nitrogens with two attached hydrogens (primary N) is 1. The maximum atomic E-state index is 14.5. The number of nitrogen functional groups attached to an aromatic ring is 1. The van der Waals surface area contributed by atoms with Crippen LogP contribution in [0.5, 0.6) is 0 Å². The molecule has 2 saturated carbocycles. The maximum absolute atomic E-state index is 14.5. The molecule has 9 nitrogen and oxygen atoms in total. The number of nitrogens with one attached hydrogen (secondary N) is 1. The Morgan fingerprint density at radius 1 is 1.03 bits per heavy atom.